The maximum atomic E-state index is 8.96. The molecule has 0 bridgehead atoms. The van der Waals surface area contributed by atoms with Gasteiger partial charge in [-0.25, -0.2) is 4.98 Å². The Morgan fingerprint density at radius 3 is 2.65 bits per heavy atom. The summed E-state index contributed by atoms with van der Waals surface area (Å²) in [5, 5.41) is 9.64. The molecular weight excluding hydrogens is 272 g/mol. The molecule has 1 heterocycles. The van der Waals surface area contributed by atoms with Crippen LogP contribution in [0.1, 0.15) is 18.4 Å². The lowest BCUT2D eigenvalue weighted by Crippen LogP contribution is -1.88. The number of aromatic nitrogens is 1. The molecule has 0 aliphatic heterocycles. The molecule has 0 aliphatic carbocycles. The third-order valence-corrected chi connectivity index (χ3v) is 3.45. The highest BCUT2D eigenvalue weighted by molar-refractivity contribution is 6.30. The van der Waals surface area contributed by atoms with Gasteiger partial charge < -0.3 is 4.42 Å². The summed E-state index contributed by atoms with van der Waals surface area (Å²) in [6.45, 7) is 1.86. The van der Waals surface area contributed by atoms with E-state index in [1.165, 1.54) is 0 Å². The van der Waals surface area contributed by atoms with Crippen molar-refractivity contribution in [3.63, 3.8) is 0 Å². The molecule has 0 amide bonds. The van der Waals surface area contributed by atoms with E-state index < -0.39 is 0 Å². The molecule has 0 radical (unpaired) electrons. The van der Waals surface area contributed by atoms with Gasteiger partial charge in [0.25, 0.3) is 0 Å². The molecule has 0 unspecified atom stereocenters. The second-order valence-corrected chi connectivity index (χ2v) is 5.04. The molecule has 3 nitrogen and oxygen atoms in total. The van der Waals surface area contributed by atoms with Gasteiger partial charge in [-0.2, -0.15) is 5.26 Å². The third-order valence-electron chi connectivity index (χ3n) is 3.20. The van der Waals surface area contributed by atoms with E-state index in [9.17, 15) is 0 Å². The number of oxazole rings is 1. The molecule has 0 N–H and O–H groups in total. The molecule has 1 aromatic heterocycles. The fourth-order valence-corrected chi connectivity index (χ4v) is 2.13. The van der Waals surface area contributed by atoms with Crippen molar-refractivity contribution in [1.82, 2.24) is 4.98 Å². The average Bonchev–Trinajstić information content (AvgIpc) is 2.90. The number of halogens is 1. The Morgan fingerprint density at radius 1 is 1.20 bits per heavy atom. The van der Waals surface area contributed by atoms with E-state index in [1.807, 2.05) is 37.3 Å². The number of hydrogen-bond donors (Lipinski definition) is 0. The molecular formula is C16H11ClN2O. The van der Waals surface area contributed by atoms with Gasteiger partial charge in [0.1, 0.15) is 5.52 Å². The van der Waals surface area contributed by atoms with Crippen LogP contribution < -0.4 is 0 Å². The van der Waals surface area contributed by atoms with E-state index in [2.05, 4.69) is 11.1 Å². The Balaban J connectivity index is 2.07. The number of nitrogens with zero attached hydrogens (tertiary/aromatic N) is 2. The standard InChI is InChI=1S/C16H11ClN2O/c1-10(9-18)12-4-7-15-14(8-12)19-16(20-15)11-2-5-13(17)6-3-11/h2-8,10H,1H3/t10-/m0/s1. The zero-order valence-electron chi connectivity index (χ0n) is 10.8. The summed E-state index contributed by atoms with van der Waals surface area (Å²) in [5.41, 5.74) is 3.29. The van der Waals surface area contributed by atoms with Gasteiger partial charge in [0.05, 0.1) is 12.0 Å². The Kier molecular flexibility index (Phi) is 3.17. The van der Waals surface area contributed by atoms with Crippen molar-refractivity contribution in [2.45, 2.75) is 12.8 Å². The number of rotatable bonds is 2. The van der Waals surface area contributed by atoms with Crippen molar-refractivity contribution in [2.24, 2.45) is 0 Å². The fraction of sp³-hybridized carbons (Fsp3) is 0.125. The van der Waals surface area contributed by atoms with Crippen LogP contribution in [0.5, 0.6) is 0 Å². The fourth-order valence-electron chi connectivity index (χ4n) is 2.00. The number of nitriles is 1. The lowest BCUT2D eigenvalue weighted by Gasteiger charge is -2.00. The maximum Gasteiger partial charge on any atom is 0.227 e. The third kappa shape index (κ3) is 2.26. The number of hydrogen-bond acceptors (Lipinski definition) is 3. The van der Waals surface area contributed by atoms with Crippen molar-refractivity contribution >= 4 is 22.7 Å². The number of benzene rings is 2. The molecule has 0 saturated heterocycles. The molecule has 98 valence electrons. The first-order valence-corrected chi connectivity index (χ1v) is 6.61. The Labute approximate surface area is 121 Å². The summed E-state index contributed by atoms with van der Waals surface area (Å²) in [7, 11) is 0. The maximum absolute atomic E-state index is 8.96. The van der Waals surface area contributed by atoms with E-state index in [0.29, 0.717) is 16.5 Å². The van der Waals surface area contributed by atoms with Crippen molar-refractivity contribution < 1.29 is 4.42 Å². The van der Waals surface area contributed by atoms with E-state index >= 15 is 0 Å². The van der Waals surface area contributed by atoms with Crippen LogP contribution >= 0.6 is 11.6 Å². The smallest absolute Gasteiger partial charge is 0.227 e. The van der Waals surface area contributed by atoms with Crippen LogP contribution in [0.4, 0.5) is 0 Å². The minimum Gasteiger partial charge on any atom is -0.436 e. The molecule has 4 heteroatoms. The Bertz CT molecular complexity index is 799. The van der Waals surface area contributed by atoms with Crippen LogP contribution in [-0.2, 0) is 0 Å². The Hall–Kier alpha value is -2.31. The van der Waals surface area contributed by atoms with Crippen LogP contribution in [0.15, 0.2) is 46.9 Å². The van der Waals surface area contributed by atoms with Crippen LogP contribution in [0.2, 0.25) is 5.02 Å². The van der Waals surface area contributed by atoms with Crippen molar-refractivity contribution in [1.29, 1.82) is 5.26 Å². The molecule has 0 aliphatic rings. The van der Waals surface area contributed by atoms with E-state index in [1.54, 1.807) is 12.1 Å². The van der Waals surface area contributed by atoms with Gasteiger partial charge in [-0.1, -0.05) is 17.7 Å². The first kappa shape index (κ1) is 12.7. The lowest BCUT2D eigenvalue weighted by atomic mass is 10.0. The molecule has 20 heavy (non-hydrogen) atoms. The van der Waals surface area contributed by atoms with E-state index in [4.69, 9.17) is 21.3 Å². The van der Waals surface area contributed by atoms with Gasteiger partial charge >= 0.3 is 0 Å². The molecule has 1 atom stereocenters. The molecule has 3 aromatic rings. The summed E-state index contributed by atoms with van der Waals surface area (Å²) < 4.78 is 5.73. The second-order valence-electron chi connectivity index (χ2n) is 4.60. The van der Waals surface area contributed by atoms with Crippen LogP contribution in [-0.4, -0.2) is 4.98 Å². The number of fused-ring (bicyclic) bond motifs is 1. The van der Waals surface area contributed by atoms with Crippen molar-refractivity contribution in [3.8, 4) is 17.5 Å². The zero-order chi connectivity index (χ0) is 14.1. The second kappa shape index (κ2) is 4.99. The summed E-state index contributed by atoms with van der Waals surface area (Å²) >= 11 is 5.87. The highest BCUT2D eigenvalue weighted by atomic mass is 35.5. The van der Waals surface area contributed by atoms with Crippen LogP contribution in [0.3, 0.4) is 0 Å². The normalized spacial score (nSPS) is 12.2. The lowest BCUT2D eigenvalue weighted by molar-refractivity contribution is 0.620. The topological polar surface area (TPSA) is 49.8 Å². The highest BCUT2D eigenvalue weighted by Crippen LogP contribution is 2.27. The average molecular weight is 283 g/mol. The van der Waals surface area contributed by atoms with Crippen LogP contribution in [0.25, 0.3) is 22.6 Å². The predicted octanol–water partition coefficient (Wildman–Crippen LogP) is 4.78. The molecule has 0 saturated carbocycles. The van der Waals surface area contributed by atoms with Gasteiger partial charge in [0, 0.05) is 10.6 Å². The van der Waals surface area contributed by atoms with Crippen molar-refractivity contribution in [3.05, 3.63) is 53.1 Å². The predicted molar refractivity (Wildman–Crippen MR) is 78.5 cm³/mol. The van der Waals surface area contributed by atoms with Gasteiger partial charge in [0.15, 0.2) is 5.58 Å². The summed E-state index contributed by atoms with van der Waals surface area (Å²) in [6.07, 6.45) is 0. The van der Waals surface area contributed by atoms with Gasteiger partial charge in [-0.15, -0.1) is 0 Å². The quantitative estimate of drug-likeness (QED) is 0.680. The molecule has 0 fully saturated rings. The van der Waals surface area contributed by atoms with E-state index in [-0.39, 0.29) is 5.92 Å². The zero-order valence-corrected chi connectivity index (χ0v) is 11.6. The SMILES string of the molecule is C[C@@H](C#N)c1ccc2oc(-c3ccc(Cl)cc3)nc2c1. The molecule has 0 spiro atoms. The molecule has 2 aromatic carbocycles. The molecule has 3 rings (SSSR count). The van der Waals surface area contributed by atoms with Gasteiger partial charge in [-0.05, 0) is 48.9 Å². The highest BCUT2D eigenvalue weighted by Gasteiger charge is 2.11. The van der Waals surface area contributed by atoms with E-state index in [0.717, 1.165) is 16.6 Å². The first-order valence-electron chi connectivity index (χ1n) is 6.23. The summed E-state index contributed by atoms with van der Waals surface area (Å²) in [4.78, 5) is 4.47. The van der Waals surface area contributed by atoms with Crippen molar-refractivity contribution in [2.75, 3.05) is 0 Å². The monoisotopic (exact) mass is 282 g/mol. The first-order chi connectivity index (χ1) is 9.67. The van der Waals surface area contributed by atoms with Crippen LogP contribution in [0, 0.1) is 11.3 Å². The van der Waals surface area contributed by atoms with Gasteiger partial charge in [-0.3, -0.25) is 0 Å². The summed E-state index contributed by atoms with van der Waals surface area (Å²) in [5.74, 6) is 0.397. The summed E-state index contributed by atoms with van der Waals surface area (Å²) in [6, 6.07) is 15.2. The minimum absolute atomic E-state index is 0.157. The minimum atomic E-state index is -0.157. The Morgan fingerprint density at radius 2 is 1.95 bits per heavy atom. The largest absolute Gasteiger partial charge is 0.436 e. The van der Waals surface area contributed by atoms with Gasteiger partial charge in [0.2, 0.25) is 5.89 Å².